The van der Waals surface area contributed by atoms with Crippen LogP contribution in [0.4, 0.5) is 5.82 Å². The zero-order valence-corrected chi connectivity index (χ0v) is 7.53. The van der Waals surface area contributed by atoms with E-state index in [1.807, 2.05) is 0 Å². The lowest BCUT2D eigenvalue weighted by Crippen LogP contribution is -1.91. The number of anilines is 1. The fourth-order valence-corrected chi connectivity index (χ4v) is 1.31. The van der Waals surface area contributed by atoms with E-state index in [0.29, 0.717) is 17.0 Å². The van der Waals surface area contributed by atoms with Crippen LogP contribution in [-0.4, -0.2) is 19.9 Å². The number of nitrogens with one attached hydrogen (secondary N) is 1. The highest BCUT2D eigenvalue weighted by Gasteiger charge is 2.03. The molecule has 0 saturated heterocycles. The summed E-state index contributed by atoms with van der Waals surface area (Å²) < 4.78 is 0.768. The largest absolute Gasteiger partial charge is 0.382 e. The van der Waals surface area contributed by atoms with Crippen LogP contribution < -0.4 is 5.73 Å². The van der Waals surface area contributed by atoms with E-state index in [1.165, 1.54) is 6.33 Å². The second-order valence-electron chi connectivity index (χ2n) is 1.98. The van der Waals surface area contributed by atoms with E-state index in [2.05, 4.69) is 42.5 Å². The Morgan fingerprint density at radius 1 is 1.45 bits per heavy atom. The molecule has 56 valence electrons. The molecule has 6 heteroatoms. The maximum Gasteiger partial charge on any atom is 0.171 e. The predicted octanol–water partition coefficient (Wildman–Crippen LogP) is 0.540. The normalized spacial score (nSPS) is 10.6. The first-order valence-electron chi connectivity index (χ1n) is 2.89. The molecule has 0 radical (unpaired) electrons. The van der Waals surface area contributed by atoms with Crippen molar-refractivity contribution in [2.75, 3.05) is 5.73 Å². The first-order chi connectivity index (χ1) is 5.27. The second-order valence-corrected chi connectivity index (χ2v) is 3.01. The molecule has 0 aliphatic carbocycles. The summed E-state index contributed by atoms with van der Waals surface area (Å²) in [5, 5.41) is 0. The van der Waals surface area contributed by atoms with E-state index < -0.39 is 0 Å². The number of halogens is 1. The number of hydrogen-bond donors (Lipinski definition) is 2. The highest BCUT2D eigenvalue weighted by Crippen LogP contribution is 2.13. The molecule has 2 aromatic rings. The van der Waals surface area contributed by atoms with Crippen LogP contribution in [0, 0.1) is 3.83 Å². The average molecular weight is 261 g/mol. The van der Waals surface area contributed by atoms with E-state index in [9.17, 15) is 0 Å². The SMILES string of the molecule is Nc1ncnc2[nH]c(I)nc12. The summed E-state index contributed by atoms with van der Waals surface area (Å²) in [7, 11) is 0. The molecule has 5 nitrogen and oxygen atoms in total. The Morgan fingerprint density at radius 2 is 2.27 bits per heavy atom. The Bertz CT molecular complexity index is 395. The smallest absolute Gasteiger partial charge is 0.171 e. The molecule has 0 aliphatic heterocycles. The molecule has 3 N–H and O–H groups in total. The zero-order valence-electron chi connectivity index (χ0n) is 5.37. The van der Waals surface area contributed by atoms with Crippen molar-refractivity contribution in [1.29, 1.82) is 0 Å². The third kappa shape index (κ3) is 1.02. The van der Waals surface area contributed by atoms with Crippen LogP contribution in [0.15, 0.2) is 6.33 Å². The van der Waals surface area contributed by atoms with Crippen LogP contribution in [0.3, 0.4) is 0 Å². The molecular formula is C5H4IN5. The molecule has 0 fully saturated rings. The Kier molecular flexibility index (Phi) is 1.41. The van der Waals surface area contributed by atoms with Crippen molar-refractivity contribution in [2.45, 2.75) is 0 Å². The Balaban J connectivity index is 2.90. The van der Waals surface area contributed by atoms with Crippen molar-refractivity contribution in [3.8, 4) is 0 Å². The van der Waals surface area contributed by atoms with Crippen LogP contribution in [-0.2, 0) is 0 Å². The molecule has 0 amide bonds. The van der Waals surface area contributed by atoms with Crippen LogP contribution in [0.1, 0.15) is 0 Å². The van der Waals surface area contributed by atoms with E-state index in [4.69, 9.17) is 5.73 Å². The fraction of sp³-hybridized carbons (Fsp3) is 0. The number of nitrogens with two attached hydrogens (primary N) is 1. The number of hydrogen-bond acceptors (Lipinski definition) is 4. The molecule has 0 saturated carbocycles. The third-order valence-corrected chi connectivity index (χ3v) is 1.79. The molecule has 2 heterocycles. The number of aromatic nitrogens is 4. The standard InChI is InChI=1S/C5H4IN5/c6-5-10-2-3(7)8-1-9-4(2)11-5/h1H,(H3,7,8,9,10,11). The monoisotopic (exact) mass is 261 g/mol. The first kappa shape index (κ1) is 6.77. The minimum Gasteiger partial charge on any atom is -0.382 e. The maximum absolute atomic E-state index is 5.53. The minimum absolute atomic E-state index is 0.411. The average Bonchev–Trinajstić information content (AvgIpc) is 2.31. The number of H-pyrrole nitrogens is 1. The van der Waals surface area contributed by atoms with Crippen molar-refractivity contribution < 1.29 is 0 Å². The molecule has 0 unspecified atom stereocenters. The number of nitrogens with zero attached hydrogens (tertiary/aromatic N) is 3. The lowest BCUT2D eigenvalue weighted by atomic mass is 10.5. The zero-order chi connectivity index (χ0) is 7.84. The lowest BCUT2D eigenvalue weighted by Gasteiger charge is -1.88. The molecule has 0 aromatic carbocycles. The van der Waals surface area contributed by atoms with Gasteiger partial charge in [0, 0.05) is 0 Å². The van der Waals surface area contributed by atoms with Crippen LogP contribution in [0.2, 0.25) is 0 Å². The molecule has 2 rings (SSSR count). The number of aromatic amines is 1. The molecule has 0 atom stereocenters. The van der Waals surface area contributed by atoms with Gasteiger partial charge >= 0.3 is 0 Å². The van der Waals surface area contributed by atoms with Gasteiger partial charge in [0.25, 0.3) is 0 Å². The third-order valence-electron chi connectivity index (χ3n) is 1.28. The van der Waals surface area contributed by atoms with Gasteiger partial charge in [-0.3, -0.25) is 0 Å². The Hall–Kier alpha value is -0.920. The van der Waals surface area contributed by atoms with Gasteiger partial charge in [-0.2, -0.15) is 0 Å². The van der Waals surface area contributed by atoms with E-state index in [-0.39, 0.29) is 0 Å². The van der Waals surface area contributed by atoms with Gasteiger partial charge in [-0.1, -0.05) is 0 Å². The highest BCUT2D eigenvalue weighted by atomic mass is 127. The summed E-state index contributed by atoms with van der Waals surface area (Å²) in [6.45, 7) is 0. The molecule has 11 heavy (non-hydrogen) atoms. The van der Waals surface area contributed by atoms with Gasteiger partial charge in [0.2, 0.25) is 0 Å². The van der Waals surface area contributed by atoms with Crippen molar-refractivity contribution in [3.05, 3.63) is 10.2 Å². The van der Waals surface area contributed by atoms with E-state index in [1.54, 1.807) is 0 Å². The quantitative estimate of drug-likeness (QED) is 0.535. The topological polar surface area (TPSA) is 80.5 Å². The molecule has 0 spiro atoms. The number of rotatable bonds is 0. The van der Waals surface area contributed by atoms with Gasteiger partial charge in [-0.05, 0) is 22.6 Å². The summed E-state index contributed by atoms with van der Waals surface area (Å²) in [6.07, 6.45) is 1.41. The lowest BCUT2D eigenvalue weighted by molar-refractivity contribution is 1.20. The number of nitrogen functional groups attached to an aromatic ring is 1. The molecular weight excluding hydrogens is 257 g/mol. The number of imidazole rings is 1. The summed E-state index contributed by atoms with van der Waals surface area (Å²) in [4.78, 5) is 14.8. The van der Waals surface area contributed by atoms with Crippen molar-refractivity contribution in [2.24, 2.45) is 0 Å². The van der Waals surface area contributed by atoms with Crippen LogP contribution >= 0.6 is 22.6 Å². The summed E-state index contributed by atoms with van der Waals surface area (Å²) >= 11 is 2.06. The van der Waals surface area contributed by atoms with Gasteiger partial charge in [0.1, 0.15) is 6.33 Å². The Labute approximate surface area is 75.6 Å². The van der Waals surface area contributed by atoms with Crippen LogP contribution in [0.5, 0.6) is 0 Å². The second kappa shape index (κ2) is 2.29. The summed E-state index contributed by atoms with van der Waals surface area (Å²) in [6, 6.07) is 0. The minimum atomic E-state index is 0.411. The fourth-order valence-electron chi connectivity index (χ4n) is 0.818. The Morgan fingerprint density at radius 3 is 3.00 bits per heavy atom. The van der Waals surface area contributed by atoms with Gasteiger partial charge < -0.3 is 10.7 Å². The maximum atomic E-state index is 5.53. The van der Waals surface area contributed by atoms with Gasteiger partial charge in [-0.25, -0.2) is 15.0 Å². The summed E-state index contributed by atoms with van der Waals surface area (Å²) in [5.74, 6) is 0.411. The molecule has 0 bridgehead atoms. The van der Waals surface area contributed by atoms with Gasteiger partial charge in [-0.15, -0.1) is 0 Å². The molecule has 2 aromatic heterocycles. The van der Waals surface area contributed by atoms with Crippen molar-refractivity contribution in [1.82, 2.24) is 19.9 Å². The van der Waals surface area contributed by atoms with Crippen LogP contribution in [0.25, 0.3) is 11.2 Å². The van der Waals surface area contributed by atoms with Crippen molar-refractivity contribution in [3.63, 3.8) is 0 Å². The summed E-state index contributed by atoms with van der Waals surface area (Å²) in [5.41, 5.74) is 6.85. The predicted molar refractivity (Wildman–Crippen MR) is 48.8 cm³/mol. The van der Waals surface area contributed by atoms with E-state index >= 15 is 0 Å². The number of fused-ring (bicyclic) bond motifs is 1. The highest BCUT2D eigenvalue weighted by molar-refractivity contribution is 14.1. The van der Waals surface area contributed by atoms with E-state index in [0.717, 1.165) is 3.83 Å². The van der Waals surface area contributed by atoms with Gasteiger partial charge in [0.05, 0.1) is 0 Å². The first-order valence-corrected chi connectivity index (χ1v) is 3.97. The van der Waals surface area contributed by atoms with Crippen molar-refractivity contribution >= 4 is 39.6 Å². The van der Waals surface area contributed by atoms with Gasteiger partial charge in [0.15, 0.2) is 20.8 Å². The molecule has 0 aliphatic rings.